The maximum atomic E-state index is 13.7. The minimum absolute atomic E-state index is 0.0621. The van der Waals surface area contributed by atoms with Crippen molar-refractivity contribution in [3.63, 3.8) is 0 Å². The van der Waals surface area contributed by atoms with Gasteiger partial charge in [0.2, 0.25) is 5.88 Å². The van der Waals surface area contributed by atoms with Crippen LogP contribution in [0.4, 0.5) is 0 Å². The number of methoxy groups -OCH3 is 1. The number of likely N-dealkylation sites (tertiary alicyclic amines) is 1. The number of aliphatic hydroxyl groups is 1. The molecule has 1 aliphatic heterocycles. The first-order valence-electron chi connectivity index (χ1n) is 14.6. The molecule has 2 fully saturated rings. The van der Waals surface area contributed by atoms with E-state index in [0.717, 1.165) is 47.6 Å². The third-order valence-electron chi connectivity index (χ3n) is 8.60. The fourth-order valence-corrected chi connectivity index (χ4v) is 6.45. The van der Waals surface area contributed by atoms with Crippen LogP contribution in [-0.4, -0.2) is 94.0 Å². The monoisotopic (exact) mass is 598 g/mol. The first-order valence-corrected chi connectivity index (χ1v) is 16.0. The minimum Gasteiger partial charge on any atom is -0.494 e. The summed E-state index contributed by atoms with van der Waals surface area (Å²) in [5, 5.41) is 10.7. The minimum atomic E-state index is -2.34. The Morgan fingerprint density at radius 3 is 2.58 bits per heavy atom. The summed E-state index contributed by atoms with van der Waals surface area (Å²) in [6, 6.07) is 9.11. The first kappa shape index (κ1) is 29.9. The Balaban J connectivity index is 1.51. The molecule has 0 spiro atoms. The van der Waals surface area contributed by atoms with Gasteiger partial charge in [-0.1, -0.05) is 6.92 Å². The Morgan fingerprint density at radius 1 is 1.19 bits per heavy atom. The largest absolute Gasteiger partial charge is 0.494 e. The van der Waals surface area contributed by atoms with Crippen LogP contribution in [0.25, 0.3) is 33.6 Å². The smallest absolute Gasteiger partial charge is 0.254 e. The number of ether oxygens (including phenoxy) is 2. The van der Waals surface area contributed by atoms with E-state index in [0.29, 0.717) is 41.5 Å². The van der Waals surface area contributed by atoms with Crippen LogP contribution in [0.1, 0.15) is 37.0 Å². The molecule has 3 N–H and O–H groups in total. The normalized spacial score (nSPS) is 20.8. The zero-order valence-corrected chi connectivity index (χ0v) is 25.8. The summed E-state index contributed by atoms with van der Waals surface area (Å²) in [6.07, 6.45) is 4.35. The maximum Gasteiger partial charge on any atom is 0.254 e. The predicted octanol–water partition coefficient (Wildman–Crippen LogP) is 2.96. The third kappa shape index (κ3) is 5.74. The molecule has 10 nitrogen and oxygen atoms in total. The Bertz CT molecular complexity index is 1680. The molecule has 1 aliphatic carbocycles. The molecule has 222 valence electrons. The lowest BCUT2D eigenvalue weighted by Crippen LogP contribution is -2.40. The molecule has 1 aromatic carbocycles. The number of fused-ring (bicyclic) bond motifs is 2. The highest BCUT2D eigenvalue weighted by molar-refractivity contribution is 7.98. The van der Waals surface area contributed by atoms with Crippen LogP contribution in [0.5, 0.6) is 11.6 Å². The molecule has 4 heterocycles. The van der Waals surface area contributed by atoms with Gasteiger partial charge in [0.25, 0.3) is 5.91 Å². The number of aromatic nitrogens is 4. The van der Waals surface area contributed by atoms with Gasteiger partial charge in [-0.2, -0.15) is 16.7 Å². The molecular formula is C30H36B2N6O4S. The summed E-state index contributed by atoms with van der Waals surface area (Å²) in [5.41, 5.74) is 7.63. The molecule has 3 atom stereocenters. The molecule has 3 aromatic heterocycles. The number of carbonyl (C=O) groups excluding carboxylic acids is 1. The van der Waals surface area contributed by atoms with Crippen molar-refractivity contribution < 1.29 is 19.4 Å². The van der Waals surface area contributed by atoms with Crippen molar-refractivity contribution in [1.82, 2.24) is 24.0 Å². The van der Waals surface area contributed by atoms with E-state index < -0.39 is 5.59 Å². The van der Waals surface area contributed by atoms with Gasteiger partial charge in [0, 0.05) is 54.5 Å². The SMILES string of the molecule is [B]C([B])(O)Oc1ccc2cc(-c3nc4cc(C(=O)N5C[C@@H](C)[C@@H](N)[C@H]5C)cc(OC)c4n3CCSC)n(CC3CC3)c2n1. The highest BCUT2D eigenvalue weighted by Gasteiger charge is 2.37. The Labute approximate surface area is 258 Å². The van der Waals surface area contributed by atoms with Gasteiger partial charge < -0.3 is 34.3 Å². The number of nitrogens with two attached hydrogens (primary N) is 1. The van der Waals surface area contributed by atoms with E-state index in [-0.39, 0.29) is 29.8 Å². The average Bonchev–Trinajstić information content (AvgIpc) is 3.54. The van der Waals surface area contributed by atoms with Crippen LogP contribution < -0.4 is 15.2 Å². The summed E-state index contributed by atoms with van der Waals surface area (Å²) in [6.45, 7) is 6.13. The summed E-state index contributed by atoms with van der Waals surface area (Å²) in [4.78, 5) is 25.4. The predicted molar refractivity (Wildman–Crippen MR) is 171 cm³/mol. The zero-order valence-electron chi connectivity index (χ0n) is 25.0. The van der Waals surface area contributed by atoms with E-state index in [4.69, 9.17) is 35.9 Å². The van der Waals surface area contributed by atoms with E-state index >= 15 is 0 Å². The lowest BCUT2D eigenvalue weighted by Gasteiger charge is -2.23. The van der Waals surface area contributed by atoms with Crippen molar-refractivity contribution in [1.29, 1.82) is 0 Å². The average molecular weight is 598 g/mol. The Morgan fingerprint density at radius 2 is 1.95 bits per heavy atom. The van der Waals surface area contributed by atoms with Gasteiger partial charge in [0.05, 0.1) is 18.3 Å². The first-order chi connectivity index (χ1) is 20.5. The van der Waals surface area contributed by atoms with Crippen molar-refractivity contribution in [3.8, 4) is 23.1 Å². The molecule has 1 saturated heterocycles. The quantitative estimate of drug-likeness (QED) is 0.211. The lowest BCUT2D eigenvalue weighted by molar-refractivity contribution is 0.00942. The van der Waals surface area contributed by atoms with Crippen LogP contribution in [0, 0.1) is 11.8 Å². The molecule has 6 rings (SSSR count). The summed E-state index contributed by atoms with van der Waals surface area (Å²) < 4.78 is 15.5. The number of aryl methyl sites for hydroxylation is 1. The topological polar surface area (TPSA) is 121 Å². The molecular weight excluding hydrogens is 562 g/mol. The van der Waals surface area contributed by atoms with Crippen LogP contribution in [0.2, 0.25) is 0 Å². The third-order valence-corrected chi connectivity index (χ3v) is 9.19. The highest BCUT2D eigenvalue weighted by atomic mass is 32.2. The number of carbonyl (C=O) groups is 1. The number of pyridine rings is 1. The fourth-order valence-electron chi connectivity index (χ4n) is 6.08. The highest BCUT2D eigenvalue weighted by Crippen LogP contribution is 2.39. The molecule has 0 unspecified atom stereocenters. The van der Waals surface area contributed by atoms with E-state index in [2.05, 4.69) is 33.4 Å². The van der Waals surface area contributed by atoms with Gasteiger partial charge in [0.1, 0.15) is 22.5 Å². The molecule has 2 aliphatic rings. The summed E-state index contributed by atoms with van der Waals surface area (Å²) in [5.74, 6) is 2.99. The Kier molecular flexibility index (Phi) is 7.93. The second kappa shape index (κ2) is 11.4. The van der Waals surface area contributed by atoms with E-state index in [1.165, 1.54) is 0 Å². The molecule has 4 radical (unpaired) electrons. The molecule has 1 saturated carbocycles. The molecule has 4 aromatic rings. The fraction of sp³-hybridized carbons (Fsp3) is 0.500. The van der Waals surface area contributed by atoms with Gasteiger partial charge >= 0.3 is 0 Å². The van der Waals surface area contributed by atoms with Crippen molar-refractivity contribution in [2.45, 2.75) is 57.4 Å². The zero-order chi connectivity index (χ0) is 30.6. The van der Waals surface area contributed by atoms with Crippen molar-refractivity contribution in [2.75, 3.05) is 25.7 Å². The lowest BCUT2D eigenvalue weighted by atomic mass is 9.77. The molecule has 13 heteroatoms. The van der Waals surface area contributed by atoms with Crippen molar-refractivity contribution >= 4 is 55.4 Å². The Hall–Kier alpha value is -3.15. The molecule has 1 amide bonds. The standard InChI is InChI=1S/C30H36B2N6O4S/c1-16-14-37(17(2)25(16)33)29(39)20-11-21-26(23(13-20)41-3)36(9-10-43-4)28(34-21)22-12-19-7-8-24(42-30(31,32)40)35-27(19)38(22)15-18-5-6-18/h7-8,11-13,16-18,25,40H,5-6,9-10,14-15,33H2,1-4H3/t16-,17-,25-/m1/s1. The van der Waals surface area contributed by atoms with E-state index in [1.54, 1.807) is 24.9 Å². The van der Waals surface area contributed by atoms with Gasteiger partial charge in [-0.05, 0) is 62.1 Å². The van der Waals surface area contributed by atoms with Crippen molar-refractivity contribution in [2.24, 2.45) is 17.6 Å². The number of imidazole rings is 1. The molecule has 43 heavy (non-hydrogen) atoms. The second-order valence-electron chi connectivity index (χ2n) is 11.9. The van der Waals surface area contributed by atoms with Gasteiger partial charge in [0.15, 0.2) is 21.5 Å². The second-order valence-corrected chi connectivity index (χ2v) is 12.9. The van der Waals surface area contributed by atoms with Crippen LogP contribution in [-0.2, 0) is 13.1 Å². The van der Waals surface area contributed by atoms with Crippen LogP contribution in [0.3, 0.4) is 0 Å². The van der Waals surface area contributed by atoms with Crippen LogP contribution >= 0.6 is 11.8 Å². The number of thioether (sulfide) groups is 1. The molecule has 0 bridgehead atoms. The number of amides is 1. The number of nitrogens with zero attached hydrogens (tertiary/aromatic N) is 5. The summed E-state index contributed by atoms with van der Waals surface area (Å²) in [7, 11) is 12.6. The van der Waals surface area contributed by atoms with Gasteiger partial charge in [-0.25, -0.2) is 4.98 Å². The summed E-state index contributed by atoms with van der Waals surface area (Å²) >= 11 is 1.74. The number of hydrogen-bond donors (Lipinski definition) is 2. The number of rotatable bonds is 10. The number of hydrogen-bond acceptors (Lipinski definition) is 8. The van der Waals surface area contributed by atoms with Gasteiger partial charge in [-0.3, -0.25) is 4.79 Å². The van der Waals surface area contributed by atoms with E-state index in [9.17, 15) is 9.90 Å². The van der Waals surface area contributed by atoms with Crippen molar-refractivity contribution in [3.05, 3.63) is 35.9 Å². The number of benzene rings is 1. The maximum absolute atomic E-state index is 13.7. The van der Waals surface area contributed by atoms with E-state index in [1.807, 2.05) is 30.0 Å². The van der Waals surface area contributed by atoms with Crippen LogP contribution in [0.15, 0.2) is 30.3 Å². The van der Waals surface area contributed by atoms with Gasteiger partial charge in [-0.15, -0.1) is 0 Å².